The predicted octanol–water partition coefficient (Wildman–Crippen LogP) is 12.4. The summed E-state index contributed by atoms with van der Waals surface area (Å²) >= 11 is 0. The molecule has 2 aliphatic rings. The Morgan fingerprint density at radius 2 is 1.02 bits per heavy atom. The third-order valence-electron chi connectivity index (χ3n) is 10.4. The monoisotopic (exact) mass is 631 g/mol. The van der Waals surface area contributed by atoms with Gasteiger partial charge in [0.25, 0.3) is 0 Å². The van der Waals surface area contributed by atoms with Crippen molar-refractivity contribution in [1.29, 1.82) is 0 Å². The Balaban J connectivity index is 1.24. The van der Waals surface area contributed by atoms with E-state index < -0.39 is 0 Å². The molecule has 9 rings (SSSR count). The van der Waals surface area contributed by atoms with E-state index in [1.807, 2.05) is 0 Å². The molecule has 1 heterocycles. The molecule has 0 unspecified atom stereocenters. The number of benzene rings is 7. The third kappa shape index (κ3) is 4.95. The lowest BCUT2D eigenvalue weighted by molar-refractivity contribution is 0.463. The molecule has 49 heavy (non-hydrogen) atoms. The first-order valence-corrected chi connectivity index (χ1v) is 17.2. The normalized spacial score (nSPS) is 13.7. The van der Waals surface area contributed by atoms with Gasteiger partial charge in [0.05, 0.1) is 11.4 Å². The molecule has 0 amide bonds. The van der Waals surface area contributed by atoms with Gasteiger partial charge in [-0.3, -0.25) is 0 Å². The largest absolute Gasteiger partial charge is 0.454 e. The van der Waals surface area contributed by atoms with Crippen LogP contribution in [0.25, 0.3) is 22.3 Å². The van der Waals surface area contributed by atoms with Crippen molar-refractivity contribution >= 4 is 17.1 Å². The maximum Gasteiger partial charge on any atom is 0.154 e. The lowest BCUT2D eigenvalue weighted by Gasteiger charge is -2.39. The molecule has 0 saturated heterocycles. The molecule has 0 bridgehead atoms. The van der Waals surface area contributed by atoms with Gasteiger partial charge in [-0.05, 0) is 68.8 Å². The lowest BCUT2D eigenvalue weighted by Crippen LogP contribution is -2.28. The zero-order chi connectivity index (χ0) is 33.0. The maximum absolute atomic E-state index is 7.11. The van der Waals surface area contributed by atoms with Gasteiger partial charge in [0.15, 0.2) is 5.75 Å². The summed E-state index contributed by atoms with van der Waals surface area (Å²) in [6.45, 7) is 4.73. The molecule has 0 saturated carbocycles. The van der Waals surface area contributed by atoms with Crippen molar-refractivity contribution < 1.29 is 4.74 Å². The average molecular weight is 632 g/mol. The first-order chi connectivity index (χ1) is 24.1. The van der Waals surface area contributed by atoms with Crippen molar-refractivity contribution in [2.45, 2.75) is 32.1 Å². The highest BCUT2D eigenvalue weighted by atomic mass is 16.5. The Kier molecular flexibility index (Phi) is 6.98. The van der Waals surface area contributed by atoms with Crippen LogP contribution in [0.15, 0.2) is 164 Å². The number of para-hydroxylation sites is 2. The second-order valence-electron chi connectivity index (χ2n) is 13.7. The van der Waals surface area contributed by atoms with Gasteiger partial charge < -0.3 is 9.64 Å². The van der Waals surface area contributed by atoms with Crippen LogP contribution in [0.5, 0.6) is 11.5 Å². The minimum Gasteiger partial charge on any atom is -0.454 e. The molecule has 0 atom stereocenters. The summed E-state index contributed by atoms with van der Waals surface area (Å²) in [5.41, 5.74) is 15.8. The second kappa shape index (κ2) is 11.7. The summed E-state index contributed by atoms with van der Waals surface area (Å²) in [7, 11) is 0. The number of nitrogens with zero attached hydrogens (tertiary/aromatic N) is 1. The zero-order valence-corrected chi connectivity index (χ0v) is 27.9. The van der Waals surface area contributed by atoms with Crippen LogP contribution in [0.1, 0.15) is 47.2 Å². The van der Waals surface area contributed by atoms with E-state index in [1.165, 1.54) is 50.2 Å². The average Bonchev–Trinajstić information content (AvgIpc) is 3.15. The fraction of sp³-hybridized carbons (Fsp3) is 0.106. The van der Waals surface area contributed by atoms with Crippen LogP contribution in [0, 0.1) is 0 Å². The molecule has 0 N–H and O–H groups in total. The third-order valence-corrected chi connectivity index (χ3v) is 10.4. The number of rotatable bonds is 5. The molecule has 7 aromatic carbocycles. The Bertz CT molecular complexity index is 2320. The molecule has 236 valence electrons. The van der Waals surface area contributed by atoms with Gasteiger partial charge in [0, 0.05) is 35.1 Å². The van der Waals surface area contributed by atoms with Crippen molar-refractivity contribution in [3.8, 4) is 33.8 Å². The van der Waals surface area contributed by atoms with Gasteiger partial charge in [0.2, 0.25) is 0 Å². The highest BCUT2D eigenvalue weighted by molar-refractivity contribution is 5.86. The van der Waals surface area contributed by atoms with Crippen molar-refractivity contribution in [2.24, 2.45) is 0 Å². The molecular weight excluding hydrogens is 595 g/mol. The second-order valence-corrected chi connectivity index (χ2v) is 13.7. The first kappa shape index (κ1) is 29.3. The van der Waals surface area contributed by atoms with Crippen LogP contribution >= 0.6 is 0 Å². The van der Waals surface area contributed by atoms with Crippen LogP contribution in [0.4, 0.5) is 17.1 Å². The van der Waals surface area contributed by atoms with Gasteiger partial charge in [0.1, 0.15) is 5.75 Å². The molecule has 2 heteroatoms. The van der Waals surface area contributed by atoms with Crippen LogP contribution in [-0.4, -0.2) is 0 Å². The van der Waals surface area contributed by atoms with Gasteiger partial charge in [-0.2, -0.15) is 0 Å². The molecule has 1 aliphatic heterocycles. The van der Waals surface area contributed by atoms with Crippen molar-refractivity contribution in [3.05, 3.63) is 197 Å². The molecular formula is C47H37NO. The summed E-state index contributed by atoms with van der Waals surface area (Å²) in [5, 5.41) is 0. The van der Waals surface area contributed by atoms with E-state index in [0.29, 0.717) is 0 Å². The number of ether oxygens (including phenoxy) is 1. The fourth-order valence-corrected chi connectivity index (χ4v) is 8.02. The minimum atomic E-state index is -0.126. The molecule has 0 spiro atoms. The summed E-state index contributed by atoms with van der Waals surface area (Å²) in [6, 6.07) is 59.1. The molecule has 7 aromatic rings. The maximum atomic E-state index is 7.11. The molecule has 1 aliphatic carbocycles. The summed E-state index contributed by atoms with van der Waals surface area (Å²) in [4.78, 5) is 2.44. The standard InChI is InChI=1S/C47H37NO/c1-47(2)41-22-10-9-18-35(41)31-40-42(47)23-13-24-43(40)48(38-28-26-33(27-29-38)32-14-5-3-6-15-32)44-25-12-20-37-30-36-19-11-21-39(45(36)49-46(37)44)34-16-7-4-8-17-34/h3-29H,30-31H2,1-2H3. The van der Waals surface area contributed by atoms with E-state index in [4.69, 9.17) is 4.74 Å². The molecule has 0 aromatic heterocycles. The SMILES string of the molecule is CC1(C)c2ccccc2Cc2c(N(c3ccc(-c4ccccc4)cc3)c3cccc4c3Oc3c(cccc3-c3ccccc3)C4)cccc21. The van der Waals surface area contributed by atoms with Crippen molar-refractivity contribution in [1.82, 2.24) is 0 Å². The van der Waals surface area contributed by atoms with E-state index >= 15 is 0 Å². The van der Waals surface area contributed by atoms with Crippen LogP contribution < -0.4 is 9.64 Å². The quantitative estimate of drug-likeness (QED) is 0.187. The Hall–Kier alpha value is -5.86. The van der Waals surface area contributed by atoms with Crippen LogP contribution in [-0.2, 0) is 18.3 Å². The Labute approximate surface area is 288 Å². The van der Waals surface area contributed by atoms with E-state index in [2.05, 4.69) is 183 Å². The van der Waals surface area contributed by atoms with E-state index in [9.17, 15) is 0 Å². The summed E-state index contributed by atoms with van der Waals surface area (Å²) in [6.07, 6.45) is 1.69. The number of hydrogen-bond acceptors (Lipinski definition) is 2. The van der Waals surface area contributed by atoms with Crippen molar-refractivity contribution in [3.63, 3.8) is 0 Å². The number of anilines is 3. The zero-order valence-electron chi connectivity index (χ0n) is 27.9. The Morgan fingerprint density at radius 1 is 0.449 bits per heavy atom. The minimum absolute atomic E-state index is 0.126. The van der Waals surface area contributed by atoms with E-state index in [0.717, 1.165) is 46.8 Å². The fourth-order valence-electron chi connectivity index (χ4n) is 8.02. The molecule has 2 nitrogen and oxygen atoms in total. The van der Waals surface area contributed by atoms with E-state index in [1.54, 1.807) is 0 Å². The van der Waals surface area contributed by atoms with Gasteiger partial charge in [-0.15, -0.1) is 0 Å². The highest BCUT2D eigenvalue weighted by Gasteiger charge is 2.35. The first-order valence-electron chi connectivity index (χ1n) is 17.2. The van der Waals surface area contributed by atoms with Crippen LogP contribution in [0.2, 0.25) is 0 Å². The van der Waals surface area contributed by atoms with Gasteiger partial charge in [-0.1, -0.05) is 153 Å². The summed E-state index contributed by atoms with van der Waals surface area (Å²) in [5.74, 6) is 1.86. The van der Waals surface area contributed by atoms with Crippen LogP contribution in [0.3, 0.4) is 0 Å². The highest BCUT2D eigenvalue weighted by Crippen LogP contribution is 2.52. The Morgan fingerprint density at radius 3 is 1.80 bits per heavy atom. The van der Waals surface area contributed by atoms with Gasteiger partial charge in [-0.25, -0.2) is 0 Å². The summed E-state index contributed by atoms with van der Waals surface area (Å²) < 4.78 is 7.11. The molecule has 0 fully saturated rings. The smallest absolute Gasteiger partial charge is 0.154 e. The van der Waals surface area contributed by atoms with E-state index in [-0.39, 0.29) is 5.41 Å². The lowest BCUT2D eigenvalue weighted by atomic mass is 9.68. The molecule has 0 radical (unpaired) electrons. The van der Waals surface area contributed by atoms with Crippen molar-refractivity contribution in [2.75, 3.05) is 4.90 Å². The number of hydrogen-bond donors (Lipinski definition) is 0. The predicted molar refractivity (Wildman–Crippen MR) is 203 cm³/mol. The van der Waals surface area contributed by atoms with Gasteiger partial charge >= 0.3 is 0 Å². The topological polar surface area (TPSA) is 12.5 Å². The number of fused-ring (bicyclic) bond motifs is 4.